The van der Waals surface area contributed by atoms with E-state index in [1.807, 2.05) is 0 Å². The van der Waals surface area contributed by atoms with Crippen molar-refractivity contribution in [2.75, 3.05) is 25.5 Å². The van der Waals surface area contributed by atoms with Crippen LogP contribution in [0, 0.1) is 5.92 Å². The van der Waals surface area contributed by atoms with Gasteiger partial charge in [-0.3, -0.25) is 0 Å². The maximum absolute atomic E-state index is 12.3. The molecular weight excluding hydrogens is 286 g/mol. The van der Waals surface area contributed by atoms with E-state index in [-0.39, 0.29) is 6.03 Å². The molecule has 0 saturated carbocycles. The molecule has 1 aromatic carbocycles. The number of methoxy groups -OCH3 is 1. The van der Waals surface area contributed by atoms with Crippen LogP contribution in [-0.4, -0.2) is 36.1 Å². The van der Waals surface area contributed by atoms with Gasteiger partial charge in [-0.15, -0.1) is 0 Å². The molecule has 0 heterocycles. The summed E-state index contributed by atoms with van der Waals surface area (Å²) in [6.07, 6.45) is 0.526. The van der Waals surface area contributed by atoms with Crippen molar-refractivity contribution in [1.82, 2.24) is 4.90 Å². The molecule has 21 heavy (non-hydrogen) atoms. The predicted octanol–water partition coefficient (Wildman–Crippen LogP) is 2.86. The summed E-state index contributed by atoms with van der Waals surface area (Å²) in [7, 11) is 1.60. The summed E-state index contributed by atoms with van der Waals surface area (Å²) in [6, 6.07) is 7.06. The van der Waals surface area contributed by atoms with E-state index in [4.69, 9.17) is 22.7 Å². The van der Waals surface area contributed by atoms with Crippen molar-refractivity contribution >= 4 is 28.9 Å². The summed E-state index contributed by atoms with van der Waals surface area (Å²) < 4.78 is 5.09. The fourth-order valence-electron chi connectivity index (χ4n) is 1.84. The van der Waals surface area contributed by atoms with Gasteiger partial charge in [-0.05, 0) is 30.2 Å². The van der Waals surface area contributed by atoms with Crippen LogP contribution in [0.1, 0.15) is 20.3 Å². The lowest BCUT2D eigenvalue weighted by atomic mass is 10.2. The van der Waals surface area contributed by atoms with Crippen LogP contribution in [0.25, 0.3) is 0 Å². The molecular formula is C15H23N3O2S. The maximum Gasteiger partial charge on any atom is 0.321 e. The number of hydrogen-bond acceptors (Lipinski definition) is 3. The molecule has 0 fully saturated rings. The molecule has 116 valence electrons. The topological polar surface area (TPSA) is 67.6 Å². The third kappa shape index (κ3) is 6.44. The van der Waals surface area contributed by atoms with E-state index in [1.165, 1.54) is 0 Å². The van der Waals surface area contributed by atoms with Gasteiger partial charge >= 0.3 is 6.03 Å². The van der Waals surface area contributed by atoms with E-state index in [1.54, 1.807) is 36.3 Å². The second-order valence-corrected chi connectivity index (χ2v) is 5.74. The van der Waals surface area contributed by atoms with Gasteiger partial charge in [0, 0.05) is 25.2 Å². The summed E-state index contributed by atoms with van der Waals surface area (Å²) in [6.45, 7) is 5.31. The molecule has 3 N–H and O–H groups in total. The lowest BCUT2D eigenvalue weighted by Gasteiger charge is -2.24. The van der Waals surface area contributed by atoms with Crippen molar-refractivity contribution in [1.29, 1.82) is 0 Å². The minimum Gasteiger partial charge on any atom is -0.497 e. The van der Waals surface area contributed by atoms with E-state index in [9.17, 15) is 4.79 Å². The highest BCUT2D eigenvalue weighted by molar-refractivity contribution is 7.80. The normalized spacial score (nSPS) is 10.3. The zero-order valence-corrected chi connectivity index (χ0v) is 13.6. The average Bonchev–Trinajstić information content (AvgIpc) is 2.43. The van der Waals surface area contributed by atoms with Crippen molar-refractivity contribution in [3.05, 3.63) is 24.3 Å². The molecule has 0 unspecified atom stereocenters. The Morgan fingerprint density at radius 1 is 1.38 bits per heavy atom. The molecule has 0 atom stereocenters. The Kier molecular flexibility index (Phi) is 6.94. The van der Waals surface area contributed by atoms with Gasteiger partial charge in [0.15, 0.2) is 0 Å². The Labute approximate surface area is 131 Å². The van der Waals surface area contributed by atoms with Crippen LogP contribution < -0.4 is 15.8 Å². The molecule has 6 heteroatoms. The van der Waals surface area contributed by atoms with Crippen LogP contribution in [0.4, 0.5) is 10.5 Å². The van der Waals surface area contributed by atoms with Crippen LogP contribution in [0.15, 0.2) is 24.3 Å². The number of ether oxygens (including phenoxy) is 1. The number of hydrogen-bond donors (Lipinski definition) is 2. The summed E-state index contributed by atoms with van der Waals surface area (Å²) in [5.74, 6) is 1.12. The Bertz CT molecular complexity index is 474. The van der Waals surface area contributed by atoms with E-state index in [0.717, 1.165) is 11.4 Å². The number of nitrogens with one attached hydrogen (secondary N) is 1. The van der Waals surface area contributed by atoms with Crippen molar-refractivity contribution in [2.45, 2.75) is 20.3 Å². The number of carbonyl (C=O) groups excluding carboxylic acids is 1. The number of nitrogens with zero attached hydrogens (tertiary/aromatic N) is 1. The number of amides is 2. The van der Waals surface area contributed by atoms with Gasteiger partial charge in [-0.25, -0.2) is 4.79 Å². The molecule has 0 aromatic heterocycles. The zero-order valence-electron chi connectivity index (χ0n) is 12.8. The van der Waals surface area contributed by atoms with Crippen LogP contribution >= 0.6 is 12.2 Å². The average molecular weight is 309 g/mol. The standard InChI is InChI=1S/C15H23N3O2S/c1-11(2)10-18(9-8-14(16)21)15(19)17-12-4-6-13(20-3)7-5-12/h4-7,11H,8-10H2,1-3H3,(H2,16,21)(H,17,19). The molecule has 1 rings (SSSR count). The fourth-order valence-corrected chi connectivity index (χ4v) is 1.93. The fraction of sp³-hybridized carbons (Fsp3) is 0.467. The highest BCUT2D eigenvalue weighted by atomic mass is 32.1. The molecule has 0 radical (unpaired) electrons. The third-order valence-corrected chi connectivity index (χ3v) is 3.05. The highest BCUT2D eigenvalue weighted by Crippen LogP contribution is 2.15. The Hall–Kier alpha value is -1.82. The number of carbonyl (C=O) groups is 1. The second-order valence-electron chi connectivity index (χ2n) is 5.21. The van der Waals surface area contributed by atoms with Gasteiger partial charge in [0.1, 0.15) is 5.75 Å². The first kappa shape index (κ1) is 17.2. The molecule has 0 aliphatic heterocycles. The van der Waals surface area contributed by atoms with Crippen LogP contribution in [0.3, 0.4) is 0 Å². The van der Waals surface area contributed by atoms with Gasteiger partial charge in [0.2, 0.25) is 0 Å². The summed E-state index contributed by atoms with van der Waals surface area (Å²) in [5.41, 5.74) is 6.24. The third-order valence-electron chi connectivity index (χ3n) is 2.84. The van der Waals surface area contributed by atoms with Crippen molar-refractivity contribution in [3.8, 4) is 5.75 Å². The first-order chi connectivity index (χ1) is 9.92. The van der Waals surface area contributed by atoms with Crippen molar-refractivity contribution in [2.24, 2.45) is 11.7 Å². The largest absolute Gasteiger partial charge is 0.497 e. The molecule has 0 aliphatic rings. The number of benzene rings is 1. The van der Waals surface area contributed by atoms with Gasteiger partial charge in [0.05, 0.1) is 12.1 Å². The predicted molar refractivity (Wildman–Crippen MR) is 89.8 cm³/mol. The van der Waals surface area contributed by atoms with Crippen LogP contribution in [-0.2, 0) is 0 Å². The summed E-state index contributed by atoms with van der Waals surface area (Å²) in [5, 5.41) is 2.87. The minimum atomic E-state index is -0.148. The van der Waals surface area contributed by atoms with Crippen molar-refractivity contribution in [3.63, 3.8) is 0 Å². The zero-order chi connectivity index (χ0) is 15.8. The maximum atomic E-state index is 12.3. The summed E-state index contributed by atoms with van der Waals surface area (Å²) in [4.78, 5) is 14.5. The Balaban J connectivity index is 2.67. The van der Waals surface area contributed by atoms with Crippen LogP contribution in [0.2, 0.25) is 0 Å². The molecule has 0 spiro atoms. The summed E-state index contributed by atoms with van der Waals surface area (Å²) >= 11 is 4.88. The monoisotopic (exact) mass is 309 g/mol. The highest BCUT2D eigenvalue weighted by Gasteiger charge is 2.15. The molecule has 0 saturated heterocycles. The molecule has 0 aliphatic carbocycles. The van der Waals surface area contributed by atoms with Gasteiger partial charge < -0.3 is 20.7 Å². The molecule has 2 amide bonds. The van der Waals surface area contributed by atoms with Crippen molar-refractivity contribution < 1.29 is 9.53 Å². The number of anilines is 1. The number of rotatable bonds is 7. The van der Waals surface area contributed by atoms with E-state index in [2.05, 4.69) is 19.2 Å². The quantitative estimate of drug-likeness (QED) is 0.760. The number of nitrogens with two attached hydrogens (primary N) is 1. The second kappa shape index (κ2) is 8.46. The molecule has 5 nitrogen and oxygen atoms in total. The smallest absolute Gasteiger partial charge is 0.321 e. The first-order valence-electron chi connectivity index (χ1n) is 6.90. The lowest BCUT2D eigenvalue weighted by Crippen LogP contribution is -2.39. The molecule has 1 aromatic rings. The van der Waals surface area contributed by atoms with Crippen LogP contribution in [0.5, 0.6) is 5.75 Å². The Morgan fingerprint density at radius 3 is 2.48 bits per heavy atom. The minimum absolute atomic E-state index is 0.148. The van der Waals surface area contributed by atoms with Gasteiger partial charge in [0.25, 0.3) is 0 Å². The number of urea groups is 1. The first-order valence-corrected chi connectivity index (χ1v) is 7.31. The number of thiocarbonyl (C=S) groups is 1. The SMILES string of the molecule is COc1ccc(NC(=O)N(CCC(N)=S)CC(C)C)cc1. The van der Waals surface area contributed by atoms with E-state index in [0.29, 0.717) is 30.4 Å². The lowest BCUT2D eigenvalue weighted by molar-refractivity contribution is 0.206. The Morgan fingerprint density at radius 2 is 2.00 bits per heavy atom. The van der Waals surface area contributed by atoms with E-state index < -0.39 is 0 Å². The van der Waals surface area contributed by atoms with E-state index >= 15 is 0 Å². The molecule has 0 bridgehead atoms. The van der Waals surface area contributed by atoms with Gasteiger partial charge in [-0.2, -0.15) is 0 Å². The van der Waals surface area contributed by atoms with Gasteiger partial charge in [-0.1, -0.05) is 26.1 Å².